The molecule has 0 amide bonds. The second-order valence-corrected chi connectivity index (χ2v) is 4.84. The van der Waals surface area contributed by atoms with Crippen molar-refractivity contribution in [1.29, 1.82) is 0 Å². The quantitative estimate of drug-likeness (QED) is 0.858. The van der Waals surface area contributed by atoms with Gasteiger partial charge in [0, 0.05) is 31.4 Å². The Hall–Kier alpha value is -1.02. The zero-order valence-electron chi connectivity index (χ0n) is 11.1. The molecule has 17 heavy (non-hydrogen) atoms. The molecule has 1 N–H and O–H groups in total. The Balaban J connectivity index is 2.24. The molecule has 1 unspecified atom stereocenters. The summed E-state index contributed by atoms with van der Waals surface area (Å²) in [5.41, 5.74) is 2.97. The van der Waals surface area contributed by atoms with Crippen LogP contribution < -0.4 is 10.2 Å². The SMILES string of the molecule is CCCc1ccccc1N1CCNCC1CC. The second-order valence-electron chi connectivity index (χ2n) is 4.84. The van der Waals surface area contributed by atoms with Gasteiger partial charge in [0.25, 0.3) is 0 Å². The zero-order chi connectivity index (χ0) is 12.1. The van der Waals surface area contributed by atoms with Gasteiger partial charge in [-0.2, -0.15) is 0 Å². The van der Waals surface area contributed by atoms with Crippen LogP contribution in [-0.4, -0.2) is 25.7 Å². The van der Waals surface area contributed by atoms with Crippen LogP contribution in [0, 0.1) is 0 Å². The number of rotatable bonds is 4. The van der Waals surface area contributed by atoms with Crippen LogP contribution in [0.25, 0.3) is 0 Å². The van der Waals surface area contributed by atoms with Crippen molar-refractivity contribution in [3.8, 4) is 0 Å². The number of piperazine rings is 1. The number of hydrogen-bond donors (Lipinski definition) is 1. The normalized spacial score (nSPS) is 20.6. The molecule has 1 heterocycles. The van der Waals surface area contributed by atoms with Gasteiger partial charge in [-0.05, 0) is 24.5 Å². The van der Waals surface area contributed by atoms with Gasteiger partial charge in [-0.25, -0.2) is 0 Å². The van der Waals surface area contributed by atoms with Crippen molar-refractivity contribution in [2.45, 2.75) is 39.2 Å². The van der Waals surface area contributed by atoms with E-state index < -0.39 is 0 Å². The topological polar surface area (TPSA) is 15.3 Å². The number of benzene rings is 1. The number of nitrogens with one attached hydrogen (secondary N) is 1. The summed E-state index contributed by atoms with van der Waals surface area (Å²) in [5, 5.41) is 3.50. The highest BCUT2D eigenvalue weighted by molar-refractivity contribution is 5.55. The van der Waals surface area contributed by atoms with E-state index in [2.05, 4.69) is 48.3 Å². The van der Waals surface area contributed by atoms with Crippen molar-refractivity contribution in [2.24, 2.45) is 0 Å². The highest BCUT2D eigenvalue weighted by Gasteiger charge is 2.22. The Morgan fingerprint density at radius 3 is 2.88 bits per heavy atom. The number of anilines is 1. The molecule has 2 nitrogen and oxygen atoms in total. The lowest BCUT2D eigenvalue weighted by Gasteiger charge is -2.38. The molecule has 1 fully saturated rings. The van der Waals surface area contributed by atoms with E-state index in [1.807, 2.05) is 0 Å². The third-order valence-corrected chi connectivity index (χ3v) is 3.64. The van der Waals surface area contributed by atoms with Crippen LogP contribution in [-0.2, 0) is 6.42 Å². The fraction of sp³-hybridized carbons (Fsp3) is 0.600. The lowest BCUT2D eigenvalue weighted by molar-refractivity contribution is 0.465. The molecule has 1 aromatic carbocycles. The van der Waals surface area contributed by atoms with Gasteiger partial charge in [0.05, 0.1) is 0 Å². The highest BCUT2D eigenvalue weighted by atomic mass is 15.2. The summed E-state index contributed by atoms with van der Waals surface area (Å²) in [6, 6.07) is 9.56. The van der Waals surface area contributed by atoms with E-state index in [-0.39, 0.29) is 0 Å². The van der Waals surface area contributed by atoms with Gasteiger partial charge in [0.15, 0.2) is 0 Å². The summed E-state index contributed by atoms with van der Waals surface area (Å²) >= 11 is 0. The maximum atomic E-state index is 3.50. The molecule has 1 aliphatic heterocycles. The largest absolute Gasteiger partial charge is 0.366 e. The second kappa shape index (κ2) is 6.06. The van der Waals surface area contributed by atoms with Crippen LogP contribution in [0.2, 0.25) is 0 Å². The highest BCUT2D eigenvalue weighted by Crippen LogP contribution is 2.25. The number of aryl methyl sites for hydroxylation is 1. The van der Waals surface area contributed by atoms with Crippen LogP contribution >= 0.6 is 0 Å². The minimum Gasteiger partial charge on any atom is -0.366 e. The summed E-state index contributed by atoms with van der Waals surface area (Å²) in [4.78, 5) is 2.60. The summed E-state index contributed by atoms with van der Waals surface area (Å²) in [6.07, 6.45) is 3.63. The molecule has 2 rings (SSSR count). The van der Waals surface area contributed by atoms with E-state index in [1.54, 1.807) is 0 Å². The van der Waals surface area contributed by atoms with Gasteiger partial charge in [-0.3, -0.25) is 0 Å². The molecule has 0 aliphatic carbocycles. The van der Waals surface area contributed by atoms with Gasteiger partial charge in [-0.1, -0.05) is 38.5 Å². The molecule has 1 aliphatic rings. The van der Waals surface area contributed by atoms with Gasteiger partial charge < -0.3 is 10.2 Å². The Bertz CT molecular complexity index is 349. The van der Waals surface area contributed by atoms with Gasteiger partial charge in [-0.15, -0.1) is 0 Å². The molecule has 0 aromatic heterocycles. The van der Waals surface area contributed by atoms with Crippen molar-refractivity contribution in [1.82, 2.24) is 5.32 Å². The molecule has 1 atom stereocenters. The number of para-hydroxylation sites is 1. The lowest BCUT2D eigenvalue weighted by Crippen LogP contribution is -2.51. The van der Waals surface area contributed by atoms with E-state index in [4.69, 9.17) is 0 Å². The van der Waals surface area contributed by atoms with Crippen molar-refractivity contribution in [3.05, 3.63) is 29.8 Å². The average Bonchev–Trinajstić information content (AvgIpc) is 2.40. The Morgan fingerprint density at radius 1 is 1.29 bits per heavy atom. The van der Waals surface area contributed by atoms with Gasteiger partial charge in [0.1, 0.15) is 0 Å². The smallest absolute Gasteiger partial charge is 0.0412 e. The molecular formula is C15H24N2. The summed E-state index contributed by atoms with van der Waals surface area (Å²) in [7, 11) is 0. The Morgan fingerprint density at radius 2 is 2.12 bits per heavy atom. The van der Waals surface area contributed by atoms with Crippen LogP contribution in [0.15, 0.2) is 24.3 Å². The summed E-state index contributed by atoms with van der Waals surface area (Å²) < 4.78 is 0. The van der Waals surface area contributed by atoms with Crippen molar-refractivity contribution >= 4 is 5.69 Å². The van der Waals surface area contributed by atoms with Crippen molar-refractivity contribution < 1.29 is 0 Å². The van der Waals surface area contributed by atoms with Crippen LogP contribution in [0.5, 0.6) is 0 Å². The first kappa shape index (κ1) is 12.4. The first-order valence-corrected chi connectivity index (χ1v) is 6.92. The third-order valence-electron chi connectivity index (χ3n) is 3.64. The van der Waals surface area contributed by atoms with E-state index in [0.717, 1.165) is 19.6 Å². The van der Waals surface area contributed by atoms with Crippen LogP contribution in [0.3, 0.4) is 0 Å². The van der Waals surface area contributed by atoms with Gasteiger partial charge >= 0.3 is 0 Å². The Labute approximate surface area is 105 Å². The number of nitrogens with zero attached hydrogens (tertiary/aromatic N) is 1. The molecule has 1 saturated heterocycles. The molecule has 0 saturated carbocycles. The van der Waals surface area contributed by atoms with Crippen molar-refractivity contribution in [2.75, 3.05) is 24.5 Å². The van der Waals surface area contributed by atoms with E-state index >= 15 is 0 Å². The predicted molar refractivity (Wildman–Crippen MR) is 74.7 cm³/mol. The first-order chi connectivity index (χ1) is 8.36. The summed E-state index contributed by atoms with van der Waals surface area (Å²) in [6.45, 7) is 7.91. The predicted octanol–water partition coefficient (Wildman–Crippen LogP) is 2.83. The van der Waals surface area contributed by atoms with Crippen LogP contribution in [0.4, 0.5) is 5.69 Å². The maximum absolute atomic E-state index is 3.50. The van der Waals surface area contributed by atoms with Crippen molar-refractivity contribution in [3.63, 3.8) is 0 Å². The van der Waals surface area contributed by atoms with Gasteiger partial charge in [0.2, 0.25) is 0 Å². The minimum atomic E-state index is 0.654. The standard InChI is InChI=1S/C15H24N2/c1-3-7-13-8-5-6-9-15(13)17-11-10-16-12-14(17)4-2/h5-6,8-9,14,16H,3-4,7,10-12H2,1-2H3. The monoisotopic (exact) mass is 232 g/mol. The maximum Gasteiger partial charge on any atom is 0.0412 e. The van der Waals surface area contributed by atoms with E-state index in [0.29, 0.717) is 6.04 Å². The van der Waals surface area contributed by atoms with Crippen LogP contribution in [0.1, 0.15) is 32.3 Å². The molecule has 0 spiro atoms. The lowest BCUT2D eigenvalue weighted by atomic mass is 10.0. The number of hydrogen-bond acceptors (Lipinski definition) is 2. The van der Waals surface area contributed by atoms with E-state index in [9.17, 15) is 0 Å². The molecule has 0 radical (unpaired) electrons. The molecular weight excluding hydrogens is 208 g/mol. The minimum absolute atomic E-state index is 0.654. The average molecular weight is 232 g/mol. The fourth-order valence-electron chi connectivity index (χ4n) is 2.71. The molecule has 94 valence electrons. The fourth-order valence-corrected chi connectivity index (χ4v) is 2.71. The molecule has 2 heteroatoms. The Kier molecular flexibility index (Phi) is 4.43. The molecule has 1 aromatic rings. The van der Waals surface area contributed by atoms with E-state index in [1.165, 1.54) is 30.5 Å². The first-order valence-electron chi connectivity index (χ1n) is 6.92. The molecule has 0 bridgehead atoms. The summed E-state index contributed by atoms with van der Waals surface area (Å²) in [5.74, 6) is 0. The third kappa shape index (κ3) is 2.81. The zero-order valence-corrected chi connectivity index (χ0v) is 11.1.